The lowest BCUT2D eigenvalue weighted by atomic mass is 10.3. The molecule has 0 saturated heterocycles. The van der Waals surface area contributed by atoms with Crippen LogP contribution in [0.2, 0.25) is 0 Å². The lowest BCUT2D eigenvalue weighted by Gasteiger charge is -2.13. The fourth-order valence-electron chi connectivity index (χ4n) is 1.07. The van der Waals surface area contributed by atoms with Crippen molar-refractivity contribution in [1.29, 1.82) is 0 Å². The lowest BCUT2D eigenvalue weighted by molar-refractivity contribution is -0.137. The Balaban J connectivity index is 3.53. The molecule has 1 unspecified atom stereocenters. The number of amides is 1. The molecule has 0 fully saturated rings. The molecule has 1 atom stereocenters. The first-order chi connectivity index (χ1) is 7.57. The van der Waals surface area contributed by atoms with Crippen LogP contribution in [0.15, 0.2) is 0 Å². The third-order valence-electron chi connectivity index (χ3n) is 2.01. The molecule has 0 spiro atoms. The van der Waals surface area contributed by atoms with Crippen LogP contribution in [0.1, 0.15) is 19.8 Å². The molecule has 0 radical (unpaired) electrons. The zero-order valence-corrected chi connectivity index (χ0v) is 9.78. The van der Waals surface area contributed by atoms with Crippen LogP contribution in [-0.2, 0) is 14.3 Å². The van der Waals surface area contributed by atoms with Crippen LogP contribution in [0.3, 0.4) is 0 Å². The molecule has 0 aromatic rings. The molecule has 0 aliphatic heterocycles. The Morgan fingerprint density at radius 2 is 2.06 bits per heavy atom. The van der Waals surface area contributed by atoms with E-state index in [1.54, 1.807) is 14.0 Å². The number of methoxy groups -OCH3 is 1. The summed E-state index contributed by atoms with van der Waals surface area (Å²) in [5, 5.41) is 14.0. The summed E-state index contributed by atoms with van der Waals surface area (Å²) in [6.45, 7) is 3.17. The number of carbonyl (C=O) groups excluding carboxylic acids is 1. The summed E-state index contributed by atoms with van der Waals surface area (Å²) in [5.74, 6) is -0.998. The lowest BCUT2D eigenvalue weighted by Crippen LogP contribution is -2.43. The van der Waals surface area contributed by atoms with Crippen LogP contribution >= 0.6 is 0 Å². The number of ether oxygens (including phenoxy) is 1. The molecule has 0 aromatic heterocycles. The van der Waals surface area contributed by atoms with E-state index < -0.39 is 5.97 Å². The van der Waals surface area contributed by atoms with Crippen molar-refractivity contribution in [2.75, 3.05) is 26.8 Å². The van der Waals surface area contributed by atoms with Crippen molar-refractivity contribution in [3.05, 3.63) is 0 Å². The number of aliphatic carboxylic acids is 1. The summed E-state index contributed by atoms with van der Waals surface area (Å²) >= 11 is 0. The maximum Gasteiger partial charge on any atom is 0.304 e. The largest absolute Gasteiger partial charge is 0.481 e. The van der Waals surface area contributed by atoms with Crippen LogP contribution in [0.5, 0.6) is 0 Å². The average Bonchev–Trinajstić information content (AvgIpc) is 2.23. The number of carboxylic acid groups (broad SMARTS) is 1. The summed E-state index contributed by atoms with van der Waals surface area (Å²) in [5.41, 5.74) is 0. The first-order valence-corrected chi connectivity index (χ1v) is 5.29. The molecule has 0 aromatic carbocycles. The summed E-state index contributed by atoms with van der Waals surface area (Å²) in [4.78, 5) is 21.7. The van der Waals surface area contributed by atoms with E-state index in [2.05, 4.69) is 10.6 Å². The van der Waals surface area contributed by atoms with Crippen molar-refractivity contribution in [1.82, 2.24) is 10.6 Å². The van der Waals surface area contributed by atoms with Crippen molar-refractivity contribution in [2.24, 2.45) is 0 Å². The van der Waals surface area contributed by atoms with E-state index in [4.69, 9.17) is 9.84 Å². The van der Waals surface area contributed by atoms with Gasteiger partial charge in [0.05, 0.1) is 12.5 Å². The predicted octanol–water partition coefficient (Wildman–Crippen LogP) is -0.408. The van der Waals surface area contributed by atoms with Gasteiger partial charge in [-0.05, 0) is 13.3 Å². The minimum Gasteiger partial charge on any atom is -0.481 e. The topological polar surface area (TPSA) is 87.7 Å². The maximum absolute atomic E-state index is 11.4. The number of rotatable bonds is 9. The quantitative estimate of drug-likeness (QED) is 0.470. The first kappa shape index (κ1) is 14.9. The van der Waals surface area contributed by atoms with Gasteiger partial charge < -0.3 is 20.5 Å². The second-order valence-electron chi connectivity index (χ2n) is 3.46. The van der Waals surface area contributed by atoms with E-state index in [9.17, 15) is 9.59 Å². The highest BCUT2D eigenvalue weighted by molar-refractivity contribution is 5.81. The zero-order chi connectivity index (χ0) is 12.4. The number of hydrogen-bond acceptors (Lipinski definition) is 4. The fraction of sp³-hybridized carbons (Fsp3) is 0.800. The summed E-state index contributed by atoms with van der Waals surface area (Å²) in [7, 11) is 1.61. The highest BCUT2D eigenvalue weighted by Crippen LogP contribution is 1.85. The first-order valence-electron chi connectivity index (χ1n) is 5.29. The van der Waals surface area contributed by atoms with Crippen molar-refractivity contribution in [2.45, 2.75) is 25.8 Å². The van der Waals surface area contributed by atoms with E-state index in [-0.39, 0.29) is 18.4 Å². The Kier molecular flexibility index (Phi) is 8.46. The smallest absolute Gasteiger partial charge is 0.304 e. The molecule has 94 valence electrons. The zero-order valence-electron chi connectivity index (χ0n) is 9.78. The number of nitrogens with one attached hydrogen (secondary N) is 2. The Hall–Kier alpha value is -1.14. The number of hydrogen-bond donors (Lipinski definition) is 3. The normalized spacial score (nSPS) is 12.1. The number of carbonyl (C=O) groups is 2. The molecular weight excluding hydrogens is 212 g/mol. The Bertz CT molecular complexity index is 221. The van der Waals surface area contributed by atoms with E-state index in [1.807, 2.05) is 0 Å². The van der Waals surface area contributed by atoms with Crippen LogP contribution in [0.4, 0.5) is 0 Å². The maximum atomic E-state index is 11.4. The average molecular weight is 232 g/mol. The molecule has 1 amide bonds. The molecular formula is C10H20N2O4. The summed E-state index contributed by atoms with van der Waals surface area (Å²) < 4.78 is 4.84. The summed E-state index contributed by atoms with van der Waals surface area (Å²) in [6.07, 6.45) is 0.783. The highest BCUT2D eigenvalue weighted by atomic mass is 16.5. The van der Waals surface area contributed by atoms with E-state index >= 15 is 0 Å². The summed E-state index contributed by atoms with van der Waals surface area (Å²) in [6, 6.07) is -0.373. The number of carboxylic acids is 1. The van der Waals surface area contributed by atoms with Crippen LogP contribution in [-0.4, -0.2) is 49.8 Å². The molecule has 3 N–H and O–H groups in total. The van der Waals surface area contributed by atoms with E-state index in [1.165, 1.54) is 0 Å². The molecule has 0 bridgehead atoms. The van der Waals surface area contributed by atoms with Crippen LogP contribution in [0, 0.1) is 0 Å². The van der Waals surface area contributed by atoms with E-state index in [0.29, 0.717) is 19.7 Å². The van der Waals surface area contributed by atoms with Gasteiger partial charge in [-0.3, -0.25) is 9.59 Å². The molecule has 0 aliphatic rings. The molecule has 0 saturated carbocycles. The predicted molar refractivity (Wildman–Crippen MR) is 59.2 cm³/mol. The molecule has 6 heteroatoms. The van der Waals surface area contributed by atoms with Crippen molar-refractivity contribution < 1.29 is 19.4 Å². The second-order valence-corrected chi connectivity index (χ2v) is 3.46. The van der Waals surface area contributed by atoms with Gasteiger partial charge in [0.2, 0.25) is 5.91 Å². The van der Waals surface area contributed by atoms with Gasteiger partial charge in [-0.1, -0.05) is 0 Å². The van der Waals surface area contributed by atoms with Gasteiger partial charge in [-0.15, -0.1) is 0 Å². The SMILES string of the molecule is COCCCNC(=O)C(C)NCCC(=O)O. The fourth-order valence-corrected chi connectivity index (χ4v) is 1.07. The Morgan fingerprint density at radius 3 is 2.62 bits per heavy atom. The van der Waals surface area contributed by atoms with E-state index in [0.717, 1.165) is 6.42 Å². The van der Waals surface area contributed by atoms with Gasteiger partial charge in [0, 0.05) is 26.8 Å². The van der Waals surface area contributed by atoms with Gasteiger partial charge in [-0.25, -0.2) is 0 Å². The van der Waals surface area contributed by atoms with Crippen molar-refractivity contribution >= 4 is 11.9 Å². The third kappa shape index (κ3) is 8.19. The van der Waals surface area contributed by atoms with Crippen LogP contribution in [0.25, 0.3) is 0 Å². The highest BCUT2D eigenvalue weighted by Gasteiger charge is 2.11. The van der Waals surface area contributed by atoms with Gasteiger partial charge in [0.25, 0.3) is 0 Å². The minimum atomic E-state index is -0.875. The molecule has 16 heavy (non-hydrogen) atoms. The van der Waals surface area contributed by atoms with Gasteiger partial charge in [0.15, 0.2) is 0 Å². The van der Waals surface area contributed by atoms with Gasteiger partial charge >= 0.3 is 5.97 Å². The van der Waals surface area contributed by atoms with Crippen molar-refractivity contribution in [3.63, 3.8) is 0 Å². The minimum absolute atomic E-state index is 0.0152. The molecule has 0 rings (SSSR count). The van der Waals surface area contributed by atoms with Crippen LogP contribution < -0.4 is 10.6 Å². The second kappa shape index (κ2) is 9.11. The monoisotopic (exact) mass is 232 g/mol. The molecule has 0 heterocycles. The standard InChI is InChI=1S/C10H20N2O4/c1-8(11-6-4-9(13)14)10(15)12-5-3-7-16-2/h8,11H,3-7H2,1-2H3,(H,12,15)(H,13,14). The van der Waals surface area contributed by atoms with Crippen molar-refractivity contribution in [3.8, 4) is 0 Å². The van der Waals surface area contributed by atoms with Gasteiger partial charge in [0.1, 0.15) is 0 Å². The Labute approximate surface area is 95.4 Å². The third-order valence-corrected chi connectivity index (χ3v) is 2.01. The Morgan fingerprint density at radius 1 is 1.38 bits per heavy atom. The molecule has 0 aliphatic carbocycles. The van der Waals surface area contributed by atoms with Gasteiger partial charge in [-0.2, -0.15) is 0 Å². The molecule has 6 nitrogen and oxygen atoms in total.